The van der Waals surface area contributed by atoms with Crippen molar-refractivity contribution in [2.45, 2.75) is 19.5 Å². The molecular formula is C23H20BrFN2O2. The number of anilines is 2. The second-order valence-electron chi connectivity index (χ2n) is 6.81. The Labute approximate surface area is 177 Å². The molecule has 0 saturated carbocycles. The van der Waals surface area contributed by atoms with Gasteiger partial charge in [-0.05, 0) is 60.5 Å². The minimum atomic E-state index is -0.474. The summed E-state index contributed by atoms with van der Waals surface area (Å²) in [7, 11) is 0. The van der Waals surface area contributed by atoms with Gasteiger partial charge < -0.3 is 10.1 Å². The zero-order valence-electron chi connectivity index (χ0n) is 15.9. The molecule has 1 atom stereocenters. The monoisotopic (exact) mass is 454 g/mol. The molecule has 0 bridgehead atoms. The second kappa shape index (κ2) is 8.25. The zero-order chi connectivity index (χ0) is 20.4. The SMILES string of the molecule is CCCOc1ccc(C2Nc3ccc(Br)cc3C(=O)N2c2cccc(F)c2)cc1. The fraction of sp³-hybridized carbons (Fsp3) is 0.174. The molecule has 1 heterocycles. The van der Waals surface area contributed by atoms with E-state index < -0.39 is 12.0 Å². The zero-order valence-corrected chi connectivity index (χ0v) is 17.4. The summed E-state index contributed by atoms with van der Waals surface area (Å²) < 4.78 is 20.4. The first-order valence-corrected chi connectivity index (χ1v) is 10.2. The van der Waals surface area contributed by atoms with Crippen LogP contribution in [-0.4, -0.2) is 12.5 Å². The van der Waals surface area contributed by atoms with Crippen molar-refractivity contribution in [1.29, 1.82) is 0 Å². The Kier molecular flexibility index (Phi) is 5.53. The third-order valence-corrected chi connectivity index (χ3v) is 5.23. The van der Waals surface area contributed by atoms with Crippen LogP contribution in [0.1, 0.15) is 35.4 Å². The first kappa shape index (κ1) is 19.5. The molecule has 1 unspecified atom stereocenters. The van der Waals surface area contributed by atoms with Crippen LogP contribution in [0.4, 0.5) is 15.8 Å². The molecule has 0 spiro atoms. The maximum absolute atomic E-state index is 13.9. The van der Waals surface area contributed by atoms with E-state index >= 15 is 0 Å². The average Bonchev–Trinajstić information content (AvgIpc) is 2.73. The van der Waals surface area contributed by atoms with Crippen molar-refractivity contribution in [1.82, 2.24) is 0 Å². The van der Waals surface area contributed by atoms with Crippen molar-refractivity contribution in [3.8, 4) is 5.75 Å². The number of hydrogen-bond acceptors (Lipinski definition) is 3. The van der Waals surface area contributed by atoms with Gasteiger partial charge >= 0.3 is 0 Å². The predicted molar refractivity (Wildman–Crippen MR) is 116 cm³/mol. The van der Waals surface area contributed by atoms with Crippen LogP contribution in [0.5, 0.6) is 5.75 Å². The van der Waals surface area contributed by atoms with Crippen molar-refractivity contribution in [3.63, 3.8) is 0 Å². The minimum Gasteiger partial charge on any atom is -0.494 e. The summed E-state index contributed by atoms with van der Waals surface area (Å²) in [6, 6.07) is 19.2. The Hall–Kier alpha value is -2.86. The fourth-order valence-corrected chi connectivity index (χ4v) is 3.73. The number of carbonyl (C=O) groups is 1. The van der Waals surface area contributed by atoms with Gasteiger partial charge in [-0.1, -0.05) is 41.1 Å². The molecule has 6 heteroatoms. The van der Waals surface area contributed by atoms with E-state index in [-0.39, 0.29) is 5.91 Å². The predicted octanol–water partition coefficient (Wildman–Crippen LogP) is 6.15. The Morgan fingerprint density at radius 3 is 2.62 bits per heavy atom. The third kappa shape index (κ3) is 3.98. The number of amides is 1. The molecule has 0 saturated heterocycles. The molecule has 3 aromatic rings. The number of nitrogens with zero attached hydrogens (tertiary/aromatic N) is 1. The number of fused-ring (bicyclic) bond motifs is 1. The van der Waals surface area contributed by atoms with Gasteiger partial charge in [0.1, 0.15) is 17.7 Å². The molecule has 1 aliphatic rings. The molecular weight excluding hydrogens is 435 g/mol. The molecule has 148 valence electrons. The topological polar surface area (TPSA) is 41.6 Å². The summed E-state index contributed by atoms with van der Waals surface area (Å²) in [5, 5.41) is 3.42. The molecule has 0 aromatic heterocycles. The highest BCUT2D eigenvalue weighted by molar-refractivity contribution is 9.10. The van der Waals surface area contributed by atoms with Crippen molar-refractivity contribution >= 4 is 33.2 Å². The third-order valence-electron chi connectivity index (χ3n) is 4.74. The molecule has 3 aromatic carbocycles. The van der Waals surface area contributed by atoms with Crippen molar-refractivity contribution in [2.75, 3.05) is 16.8 Å². The quantitative estimate of drug-likeness (QED) is 0.502. The van der Waals surface area contributed by atoms with E-state index in [4.69, 9.17) is 4.74 Å². The Balaban J connectivity index is 1.77. The Morgan fingerprint density at radius 1 is 1.10 bits per heavy atom. The van der Waals surface area contributed by atoms with Crippen LogP contribution in [0.2, 0.25) is 0 Å². The molecule has 0 radical (unpaired) electrons. The lowest BCUT2D eigenvalue weighted by atomic mass is 10.0. The van der Waals surface area contributed by atoms with E-state index in [1.54, 1.807) is 23.1 Å². The van der Waals surface area contributed by atoms with Crippen molar-refractivity contribution in [3.05, 3.63) is 88.1 Å². The molecule has 0 aliphatic carbocycles. The number of rotatable bonds is 5. The molecule has 0 fully saturated rings. The van der Waals surface area contributed by atoms with Crippen LogP contribution in [0.25, 0.3) is 0 Å². The van der Waals surface area contributed by atoms with Crippen LogP contribution in [0.3, 0.4) is 0 Å². The minimum absolute atomic E-state index is 0.193. The molecule has 1 aliphatic heterocycles. The molecule has 4 nitrogen and oxygen atoms in total. The molecule has 4 rings (SSSR count). The van der Waals surface area contributed by atoms with E-state index in [1.165, 1.54) is 12.1 Å². The largest absolute Gasteiger partial charge is 0.494 e. The Morgan fingerprint density at radius 2 is 1.90 bits per heavy atom. The smallest absolute Gasteiger partial charge is 0.262 e. The summed E-state index contributed by atoms with van der Waals surface area (Å²) in [6.45, 7) is 2.70. The number of carbonyl (C=O) groups excluding carboxylic acids is 1. The summed E-state index contributed by atoms with van der Waals surface area (Å²) in [5.41, 5.74) is 2.63. The molecule has 1 N–H and O–H groups in total. The van der Waals surface area contributed by atoms with Gasteiger partial charge in [0.25, 0.3) is 5.91 Å². The summed E-state index contributed by atoms with van der Waals surface area (Å²) in [5.74, 6) is 0.193. The number of halogens is 2. The van der Waals surface area contributed by atoms with Gasteiger partial charge in [0, 0.05) is 15.8 Å². The van der Waals surface area contributed by atoms with Crippen LogP contribution in [-0.2, 0) is 0 Å². The lowest BCUT2D eigenvalue weighted by molar-refractivity contribution is 0.0975. The van der Waals surface area contributed by atoms with E-state index in [2.05, 4.69) is 28.2 Å². The number of ether oxygens (including phenoxy) is 1. The summed E-state index contributed by atoms with van der Waals surface area (Å²) in [6.07, 6.45) is 0.457. The van der Waals surface area contributed by atoms with Crippen LogP contribution in [0, 0.1) is 5.82 Å². The summed E-state index contributed by atoms with van der Waals surface area (Å²) >= 11 is 3.42. The van der Waals surface area contributed by atoms with Gasteiger partial charge in [0.15, 0.2) is 0 Å². The van der Waals surface area contributed by atoms with E-state index in [1.807, 2.05) is 36.4 Å². The van der Waals surface area contributed by atoms with Gasteiger partial charge in [-0.25, -0.2) is 4.39 Å². The van der Waals surface area contributed by atoms with E-state index in [9.17, 15) is 9.18 Å². The summed E-state index contributed by atoms with van der Waals surface area (Å²) in [4.78, 5) is 15.0. The lowest BCUT2D eigenvalue weighted by Crippen LogP contribution is -2.43. The first-order valence-electron chi connectivity index (χ1n) is 9.45. The van der Waals surface area contributed by atoms with Gasteiger partial charge in [-0.15, -0.1) is 0 Å². The highest BCUT2D eigenvalue weighted by Gasteiger charge is 2.34. The Bertz CT molecular complexity index is 1040. The van der Waals surface area contributed by atoms with Gasteiger partial charge in [0.05, 0.1) is 12.2 Å². The first-order chi connectivity index (χ1) is 14.1. The fourth-order valence-electron chi connectivity index (χ4n) is 3.37. The van der Waals surface area contributed by atoms with Crippen molar-refractivity contribution < 1.29 is 13.9 Å². The van der Waals surface area contributed by atoms with Gasteiger partial charge in [-0.2, -0.15) is 0 Å². The normalized spacial score (nSPS) is 15.6. The highest BCUT2D eigenvalue weighted by Crippen LogP contribution is 2.38. The van der Waals surface area contributed by atoms with E-state index in [0.29, 0.717) is 17.9 Å². The van der Waals surface area contributed by atoms with Crippen molar-refractivity contribution in [2.24, 2.45) is 0 Å². The maximum atomic E-state index is 13.9. The highest BCUT2D eigenvalue weighted by atomic mass is 79.9. The maximum Gasteiger partial charge on any atom is 0.262 e. The van der Waals surface area contributed by atoms with Crippen LogP contribution < -0.4 is 15.0 Å². The standard InChI is InChI=1S/C23H20BrFN2O2/c1-2-12-29-19-9-6-15(7-10-19)22-26-21-11-8-16(24)13-20(21)23(28)27(22)18-5-3-4-17(25)14-18/h3-11,13-14,22,26H,2,12H2,1H3. The lowest BCUT2D eigenvalue weighted by Gasteiger charge is -2.38. The molecule has 29 heavy (non-hydrogen) atoms. The average molecular weight is 455 g/mol. The second-order valence-corrected chi connectivity index (χ2v) is 7.72. The number of hydrogen-bond donors (Lipinski definition) is 1. The molecule has 1 amide bonds. The van der Waals surface area contributed by atoms with Crippen LogP contribution >= 0.6 is 15.9 Å². The number of benzene rings is 3. The van der Waals surface area contributed by atoms with Gasteiger partial charge in [0.2, 0.25) is 0 Å². The van der Waals surface area contributed by atoms with E-state index in [0.717, 1.165) is 27.9 Å². The van der Waals surface area contributed by atoms with Gasteiger partial charge in [-0.3, -0.25) is 9.69 Å². The van der Waals surface area contributed by atoms with Crippen LogP contribution in [0.15, 0.2) is 71.2 Å². The number of nitrogens with one attached hydrogen (secondary N) is 1.